The molecule has 1 heterocycles. The third-order valence-corrected chi connectivity index (χ3v) is 4.16. The largest absolute Gasteiger partial charge is 0.302 e. The smallest absolute Gasteiger partial charge is 0.0638 e. The van der Waals surface area contributed by atoms with Gasteiger partial charge in [0.1, 0.15) is 0 Å². The molecule has 1 fully saturated rings. The molecule has 0 amide bonds. The Labute approximate surface area is 116 Å². The summed E-state index contributed by atoms with van der Waals surface area (Å²) in [5, 5.41) is 9.05. The predicted molar refractivity (Wildman–Crippen MR) is 77.6 cm³/mol. The molecule has 0 spiro atoms. The first-order chi connectivity index (χ1) is 9.20. The van der Waals surface area contributed by atoms with Gasteiger partial charge in [-0.25, -0.2) is 0 Å². The molecular formula is C16H23N3. The molecule has 2 atom stereocenters. The molecule has 3 nitrogen and oxygen atoms in total. The normalized spacial score (nSPS) is 25.7. The van der Waals surface area contributed by atoms with Crippen molar-refractivity contribution in [2.24, 2.45) is 0 Å². The number of hydrogen-bond acceptors (Lipinski definition) is 3. The second-order valence-corrected chi connectivity index (χ2v) is 5.55. The predicted octanol–water partition coefficient (Wildman–Crippen LogP) is 2.49. The van der Waals surface area contributed by atoms with Gasteiger partial charge >= 0.3 is 0 Å². The quantitative estimate of drug-likeness (QED) is 0.833. The second-order valence-electron chi connectivity index (χ2n) is 5.55. The number of nitriles is 1. The number of hydrogen-bond donors (Lipinski definition) is 0. The molecule has 0 N–H and O–H groups in total. The summed E-state index contributed by atoms with van der Waals surface area (Å²) in [6.07, 6.45) is 1.79. The van der Waals surface area contributed by atoms with E-state index in [1.807, 2.05) is 0 Å². The minimum atomic E-state index is 0.347. The monoisotopic (exact) mass is 257 g/mol. The van der Waals surface area contributed by atoms with Crippen LogP contribution in [-0.4, -0.2) is 42.0 Å². The molecule has 0 bridgehead atoms. The fourth-order valence-corrected chi connectivity index (χ4v) is 2.71. The van der Waals surface area contributed by atoms with Crippen molar-refractivity contribution in [3.8, 4) is 6.07 Å². The topological polar surface area (TPSA) is 30.3 Å². The number of likely N-dealkylation sites (N-methyl/N-ethyl adjacent to an activating group) is 1. The van der Waals surface area contributed by atoms with Crippen molar-refractivity contribution >= 4 is 0 Å². The zero-order chi connectivity index (χ0) is 13.7. The molecule has 2 unspecified atom stereocenters. The van der Waals surface area contributed by atoms with Crippen molar-refractivity contribution in [2.75, 3.05) is 20.1 Å². The minimum absolute atomic E-state index is 0.347. The molecule has 0 radical (unpaired) electrons. The summed E-state index contributed by atoms with van der Waals surface area (Å²) in [5.41, 5.74) is 1.34. The van der Waals surface area contributed by atoms with Crippen molar-refractivity contribution in [3.05, 3.63) is 35.9 Å². The third kappa shape index (κ3) is 3.79. The second kappa shape index (κ2) is 6.70. The molecule has 1 saturated heterocycles. The summed E-state index contributed by atoms with van der Waals surface area (Å²) in [6.45, 7) is 5.29. The molecule has 3 heteroatoms. The van der Waals surface area contributed by atoms with Crippen molar-refractivity contribution in [1.29, 1.82) is 5.26 Å². The summed E-state index contributed by atoms with van der Waals surface area (Å²) >= 11 is 0. The first-order valence-electron chi connectivity index (χ1n) is 7.06. The first kappa shape index (κ1) is 14.0. The fraction of sp³-hybridized carbons (Fsp3) is 0.562. The van der Waals surface area contributed by atoms with E-state index in [1.54, 1.807) is 0 Å². The molecule has 0 saturated carbocycles. The summed E-state index contributed by atoms with van der Waals surface area (Å²) in [6, 6.07) is 13.8. The van der Waals surface area contributed by atoms with Crippen LogP contribution in [-0.2, 0) is 6.54 Å². The van der Waals surface area contributed by atoms with Crippen LogP contribution in [0.25, 0.3) is 0 Å². The van der Waals surface area contributed by atoms with Crippen LogP contribution in [0.1, 0.15) is 25.3 Å². The van der Waals surface area contributed by atoms with Gasteiger partial charge in [-0.15, -0.1) is 0 Å². The van der Waals surface area contributed by atoms with Crippen molar-refractivity contribution in [3.63, 3.8) is 0 Å². The highest BCUT2D eigenvalue weighted by atomic mass is 15.2. The number of benzene rings is 1. The van der Waals surface area contributed by atoms with Gasteiger partial charge in [-0.2, -0.15) is 5.26 Å². The Bertz CT molecular complexity index is 423. The third-order valence-electron chi connectivity index (χ3n) is 4.16. The maximum absolute atomic E-state index is 9.05. The van der Waals surface area contributed by atoms with E-state index >= 15 is 0 Å². The molecular weight excluding hydrogens is 234 g/mol. The maximum atomic E-state index is 9.05. The van der Waals surface area contributed by atoms with Gasteiger partial charge in [0.25, 0.3) is 0 Å². The van der Waals surface area contributed by atoms with Gasteiger partial charge in [0.2, 0.25) is 0 Å². The van der Waals surface area contributed by atoms with Gasteiger partial charge in [0.05, 0.1) is 12.5 Å². The van der Waals surface area contributed by atoms with Crippen LogP contribution >= 0.6 is 0 Å². The average Bonchev–Trinajstić information content (AvgIpc) is 2.54. The lowest BCUT2D eigenvalue weighted by Gasteiger charge is -2.29. The van der Waals surface area contributed by atoms with Gasteiger partial charge in [0, 0.05) is 31.7 Å². The number of rotatable bonds is 3. The molecule has 0 aromatic heterocycles. The molecule has 1 aliphatic rings. The van der Waals surface area contributed by atoms with E-state index in [-0.39, 0.29) is 0 Å². The average molecular weight is 257 g/mol. The Morgan fingerprint density at radius 3 is 2.74 bits per heavy atom. The lowest BCUT2D eigenvalue weighted by molar-refractivity contribution is 0.178. The Morgan fingerprint density at radius 1 is 1.32 bits per heavy atom. The van der Waals surface area contributed by atoms with Crippen LogP contribution in [0.5, 0.6) is 0 Å². The zero-order valence-corrected chi connectivity index (χ0v) is 11.9. The van der Waals surface area contributed by atoms with E-state index in [0.717, 1.165) is 19.6 Å². The Morgan fingerprint density at radius 2 is 2.05 bits per heavy atom. The van der Waals surface area contributed by atoms with E-state index in [9.17, 15) is 0 Å². The molecule has 0 aliphatic carbocycles. The van der Waals surface area contributed by atoms with Crippen molar-refractivity contribution in [1.82, 2.24) is 9.80 Å². The zero-order valence-electron chi connectivity index (χ0n) is 11.9. The Kier molecular flexibility index (Phi) is 4.95. The van der Waals surface area contributed by atoms with E-state index < -0.39 is 0 Å². The van der Waals surface area contributed by atoms with Crippen molar-refractivity contribution in [2.45, 2.75) is 38.4 Å². The van der Waals surface area contributed by atoms with Crippen LogP contribution in [0.2, 0.25) is 0 Å². The first-order valence-corrected chi connectivity index (χ1v) is 7.06. The van der Waals surface area contributed by atoms with E-state index in [2.05, 4.69) is 60.2 Å². The summed E-state index contributed by atoms with van der Waals surface area (Å²) in [4.78, 5) is 4.85. The summed E-state index contributed by atoms with van der Waals surface area (Å²) in [5.74, 6) is 0. The minimum Gasteiger partial charge on any atom is -0.302 e. The van der Waals surface area contributed by atoms with Crippen LogP contribution in [0.3, 0.4) is 0 Å². The standard InChI is InChI=1S/C16H23N3/c1-14-9-11-19(12-15-6-4-3-5-7-15)16(8-10-17)13-18(14)2/h3-7,14,16H,8-9,11-13H2,1-2H3. The van der Waals surface area contributed by atoms with Crippen LogP contribution in [0.15, 0.2) is 30.3 Å². The fourth-order valence-electron chi connectivity index (χ4n) is 2.71. The molecule has 2 rings (SSSR count). The van der Waals surface area contributed by atoms with Crippen LogP contribution < -0.4 is 0 Å². The molecule has 1 aromatic rings. The van der Waals surface area contributed by atoms with E-state index in [4.69, 9.17) is 5.26 Å². The highest BCUT2D eigenvalue weighted by Crippen LogP contribution is 2.18. The molecule has 19 heavy (non-hydrogen) atoms. The summed E-state index contributed by atoms with van der Waals surface area (Å²) in [7, 11) is 2.17. The molecule has 102 valence electrons. The van der Waals surface area contributed by atoms with E-state index in [1.165, 1.54) is 12.0 Å². The Hall–Kier alpha value is -1.37. The maximum Gasteiger partial charge on any atom is 0.0638 e. The SMILES string of the molecule is CC1CCN(Cc2ccccc2)C(CC#N)CN1C. The summed E-state index contributed by atoms with van der Waals surface area (Å²) < 4.78 is 0. The van der Waals surface area contributed by atoms with Gasteiger partial charge in [0.15, 0.2) is 0 Å². The lowest BCUT2D eigenvalue weighted by atomic mass is 10.1. The van der Waals surface area contributed by atoms with Gasteiger partial charge < -0.3 is 4.90 Å². The number of nitrogens with zero attached hydrogens (tertiary/aromatic N) is 3. The highest BCUT2D eigenvalue weighted by Gasteiger charge is 2.26. The van der Waals surface area contributed by atoms with Crippen LogP contribution in [0, 0.1) is 11.3 Å². The van der Waals surface area contributed by atoms with Gasteiger partial charge in [-0.3, -0.25) is 4.90 Å². The molecule has 1 aliphatic heterocycles. The van der Waals surface area contributed by atoms with E-state index in [0.29, 0.717) is 18.5 Å². The van der Waals surface area contributed by atoms with Crippen LogP contribution in [0.4, 0.5) is 0 Å². The van der Waals surface area contributed by atoms with Gasteiger partial charge in [-0.05, 0) is 26.0 Å². The van der Waals surface area contributed by atoms with Crippen molar-refractivity contribution < 1.29 is 0 Å². The highest BCUT2D eigenvalue weighted by molar-refractivity contribution is 5.14. The lowest BCUT2D eigenvalue weighted by Crippen LogP contribution is -2.40. The van der Waals surface area contributed by atoms with Gasteiger partial charge in [-0.1, -0.05) is 30.3 Å². The Balaban J connectivity index is 2.09. The molecule has 1 aromatic carbocycles.